The molecule has 1 aromatic heterocycles. The Kier molecular flexibility index (Phi) is 5.73. The molecule has 1 aromatic carbocycles. The van der Waals surface area contributed by atoms with Gasteiger partial charge in [0.05, 0.1) is 23.4 Å². The number of hydrogen-bond acceptors (Lipinski definition) is 6. The van der Waals surface area contributed by atoms with Crippen LogP contribution in [0.4, 0.5) is 0 Å². The maximum Gasteiger partial charge on any atom is 0.249 e. The Bertz CT molecular complexity index is 824. The molecule has 2 aromatic rings. The third-order valence-corrected chi connectivity index (χ3v) is 5.26. The smallest absolute Gasteiger partial charge is 0.249 e. The Labute approximate surface area is 152 Å². The number of piperidine rings is 1. The predicted octanol–water partition coefficient (Wildman–Crippen LogP) is 2.29. The fourth-order valence-electron chi connectivity index (χ4n) is 2.98. The van der Waals surface area contributed by atoms with E-state index in [1.807, 2.05) is 18.2 Å². The van der Waals surface area contributed by atoms with Crippen LogP contribution in [0.15, 0.2) is 28.7 Å². The van der Waals surface area contributed by atoms with Gasteiger partial charge in [-0.25, -0.2) is 13.1 Å². The first kappa shape index (κ1) is 18.3. The van der Waals surface area contributed by atoms with Gasteiger partial charge in [-0.15, -0.1) is 10.2 Å². The largest absolute Gasteiger partial charge is 0.419 e. The van der Waals surface area contributed by atoms with E-state index in [2.05, 4.69) is 19.8 Å². The molecular formula is C16H21ClN4O3S. The second kappa shape index (κ2) is 7.82. The minimum absolute atomic E-state index is 0.124. The Hall–Kier alpha value is -1.48. The molecule has 1 aliphatic rings. The van der Waals surface area contributed by atoms with Gasteiger partial charge in [0.15, 0.2) is 0 Å². The quantitative estimate of drug-likeness (QED) is 0.822. The van der Waals surface area contributed by atoms with E-state index in [0.29, 0.717) is 35.5 Å². The van der Waals surface area contributed by atoms with Crippen LogP contribution in [-0.2, 0) is 16.6 Å². The summed E-state index contributed by atoms with van der Waals surface area (Å²) in [7, 11) is -3.20. The summed E-state index contributed by atoms with van der Waals surface area (Å²) in [6, 6.07) is 7.44. The van der Waals surface area contributed by atoms with Gasteiger partial charge in [0.2, 0.25) is 21.8 Å². The van der Waals surface area contributed by atoms with Crippen molar-refractivity contribution in [3.63, 3.8) is 0 Å². The molecule has 0 bridgehead atoms. The number of sulfonamides is 1. The van der Waals surface area contributed by atoms with Crippen molar-refractivity contribution in [2.45, 2.75) is 31.8 Å². The molecular weight excluding hydrogens is 364 g/mol. The van der Waals surface area contributed by atoms with Crippen molar-refractivity contribution in [3.05, 3.63) is 35.2 Å². The number of hydrogen-bond donors (Lipinski definition) is 1. The van der Waals surface area contributed by atoms with Gasteiger partial charge in [0.1, 0.15) is 0 Å². The lowest BCUT2D eigenvalue weighted by atomic mass is 10.0. The molecule has 1 fully saturated rings. The van der Waals surface area contributed by atoms with E-state index in [-0.39, 0.29) is 6.04 Å². The molecule has 1 N–H and O–H groups in total. The average Bonchev–Trinajstić information content (AvgIpc) is 3.02. The van der Waals surface area contributed by atoms with E-state index in [0.717, 1.165) is 25.8 Å². The van der Waals surface area contributed by atoms with Crippen molar-refractivity contribution in [3.8, 4) is 11.5 Å². The van der Waals surface area contributed by atoms with Crippen molar-refractivity contribution in [1.29, 1.82) is 0 Å². The number of nitrogens with zero attached hydrogens (tertiary/aromatic N) is 3. The highest BCUT2D eigenvalue weighted by Crippen LogP contribution is 2.27. The Morgan fingerprint density at radius 1 is 1.32 bits per heavy atom. The van der Waals surface area contributed by atoms with Gasteiger partial charge in [0.25, 0.3) is 0 Å². The zero-order valence-corrected chi connectivity index (χ0v) is 15.6. The minimum Gasteiger partial charge on any atom is -0.419 e. The van der Waals surface area contributed by atoms with Crippen LogP contribution in [0.2, 0.25) is 5.02 Å². The number of halogens is 1. The number of nitrogens with one attached hydrogen (secondary N) is 1. The molecule has 0 unspecified atom stereocenters. The van der Waals surface area contributed by atoms with Gasteiger partial charge in [-0.05, 0) is 31.5 Å². The summed E-state index contributed by atoms with van der Waals surface area (Å²) in [5.74, 6) is 0.893. The third kappa shape index (κ3) is 5.01. The molecule has 1 aliphatic heterocycles. The molecule has 25 heavy (non-hydrogen) atoms. The fraction of sp³-hybridized carbons (Fsp3) is 0.500. The van der Waals surface area contributed by atoms with Crippen LogP contribution < -0.4 is 4.72 Å². The molecule has 7 nitrogen and oxygen atoms in total. The second-order valence-electron chi connectivity index (χ2n) is 6.22. The van der Waals surface area contributed by atoms with Crippen molar-refractivity contribution in [2.75, 3.05) is 19.3 Å². The third-order valence-electron chi connectivity index (χ3n) is 4.24. The molecule has 9 heteroatoms. The summed E-state index contributed by atoms with van der Waals surface area (Å²) >= 11 is 6.16. The molecule has 0 spiro atoms. The van der Waals surface area contributed by atoms with Crippen molar-refractivity contribution < 1.29 is 12.8 Å². The molecule has 1 atom stereocenters. The SMILES string of the molecule is CS(=O)(=O)NC[C@H]1CCCCN1Cc1nnc(-c2ccccc2Cl)o1. The summed E-state index contributed by atoms with van der Waals surface area (Å²) in [5, 5.41) is 8.76. The molecule has 3 rings (SSSR count). The van der Waals surface area contributed by atoms with Crippen molar-refractivity contribution in [1.82, 2.24) is 19.8 Å². The summed E-state index contributed by atoms with van der Waals surface area (Å²) in [6.45, 7) is 1.76. The molecule has 0 amide bonds. The Morgan fingerprint density at radius 2 is 2.12 bits per heavy atom. The molecule has 136 valence electrons. The van der Waals surface area contributed by atoms with Gasteiger partial charge in [0, 0.05) is 12.6 Å². The van der Waals surface area contributed by atoms with E-state index in [4.69, 9.17) is 16.0 Å². The number of rotatable bonds is 6. The predicted molar refractivity (Wildman–Crippen MR) is 95.6 cm³/mol. The normalized spacial score (nSPS) is 19.2. The van der Waals surface area contributed by atoms with Crippen molar-refractivity contribution in [2.24, 2.45) is 0 Å². The van der Waals surface area contributed by atoms with Crippen LogP contribution in [-0.4, -0.2) is 48.9 Å². The first-order chi connectivity index (χ1) is 11.9. The van der Waals surface area contributed by atoms with Gasteiger partial charge in [-0.1, -0.05) is 30.2 Å². The first-order valence-electron chi connectivity index (χ1n) is 8.18. The van der Waals surface area contributed by atoms with E-state index >= 15 is 0 Å². The zero-order valence-electron chi connectivity index (χ0n) is 14.0. The highest BCUT2D eigenvalue weighted by atomic mass is 35.5. The number of aromatic nitrogens is 2. The van der Waals surface area contributed by atoms with E-state index in [1.165, 1.54) is 6.26 Å². The topological polar surface area (TPSA) is 88.3 Å². The lowest BCUT2D eigenvalue weighted by Gasteiger charge is -2.34. The van der Waals surface area contributed by atoms with Crippen LogP contribution in [0.1, 0.15) is 25.2 Å². The van der Waals surface area contributed by atoms with Crippen LogP contribution in [0.5, 0.6) is 0 Å². The average molecular weight is 385 g/mol. The van der Waals surface area contributed by atoms with Crippen LogP contribution in [0, 0.1) is 0 Å². The van der Waals surface area contributed by atoms with Crippen LogP contribution >= 0.6 is 11.6 Å². The highest BCUT2D eigenvalue weighted by Gasteiger charge is 2.25. The van der Waals surface area contributed by atoms with Crippen LogP contribution in [0.25, 0.3) is 11.5 Å². The monoisotopic (exact) mass is 384 g/mol. The van der Waals surface area contributed by atoms with E-state index in [9.17, 15) is 8.42 Å². The van der Waals surface area contributed by atoms with E-state index in [1.54, 1.807) is 6.07 Å². The van der Waals surface area contributed by atoms with Crippen molar-refractivity contribution >= 4 is 21.6 Å². The Balaban J connectivity index is 1.69. The second-order valence-corrected chi connectivity index (χ2v) is 8.46. The summed E-state index contributed by atoms with van der Waals surface area (Å²) in [6.07, 6.45) is 4.27. The highest BCUT2D eigenvalue weighted by molar-refractivity contribution is 7.88. The standard InChI is InChI=1S/C16H21ClN4O3S/c1-25(22,23)18-10-12-6-4-5-9-21(12)11-15-19-20-16(24-15)13-7-2-3-8-14(13)17/h2-3,7-8,12,18H,4-6,9-11H2,1H3/t12-/m1/s1. The fourth-order valence-corrected chi connectivity index (χ4v) is 3.69. The lowest BCUT2D eigenvalue weighted by Crippen LogP contribution is -2.46. The summed E-state index contributed by atoms with van der Waals surface area (Å²) in [5.41, 5.74) is 0.705. The molecule has 1 saturated heterocycles. The number of benzene rings is 1. The minimum atomic E-state index is -3.20. The van der Waals surface area contributed by atoms with Gasteiger partial charge in [-0.2, -0.15) is 0 Å². The van der Waals surface area contributed by atoms with Gasteiger partial charge in [-0.3, -0.25) is 4.90 Å². The van der Waals surface area contributed by atoms with Crippen LogP contribution in [0.3, 0.4) is 0 Å². The lowest BCUT2D eigenvalue weighted by molar-refractivity contribution is 0.130. The zero-order chi connectivity index (χ0) is 17.9. The summed E-state index contributed by atoms with van der Waals surface area (Å²) in [4.78, 5) is 2.19. The molecule has 0 saturated carbocycles. The van der Waals surface area contributed by atoms with Gasteiger partial charge >= 0.3 is 0 Å². The van der Waals surface area contributed by atoms with E-state index < -0.39 is 10.0 Å². The molecule has 0 radical (unpaired) electrons. The Morgan fingerprint density at radius 3 is 2.88 bits per heavy atom. The first-order valence-corrected chi connectivity index (χ1v) is 10.5. The number of likely N-dealkylation sites (tertiary alicyclic amines) is 1. The molecule has 0 aliphatic carbocycles. The maximum absolute atomic E-state index is 11.3. The molecule has 2 heterocycles. The van der Waals surface area contributed by atoms with Gasteiger partial charge < -0.3 is 4.42 Å². The maximum atomic E-state index is 11.3. The summed E-state index contributed by atoms with van der Waals surface area (Å²) < 4.78 is 31.0.